The Morgan fingerprint density at radius 2 is 2.20 bits per heavy atom. The summed E-state index contributed by atoms with van der Waals surface area (Å²) in [6.45, 7) is 0. The van der Waals surface area contributed by atoms with E-state index in [1.165, 1.54) is 6.33 Å². The molecule has 0 bridgehead atoms. The zero-order valence-electron chi connectivity index (χ0n) is 4.85. The van der Waals surface area contributed by atoms with E-state index in [2.05, 4.69) is 35.5 Å². The molecule has 2 rings (SSSR count). The van der Waals surface area contributed by atoms with Gasteiger partial charge < -0.3 is 0 Å². The number of hydrogen-bond donors (Lipinski definition) is 0. The van der Waals surface area contributed by atoms with Gasteiger partial charge in [-0.25, -0.2) is 0 Å². The molecule has 0 fully saturated rings. The third kappa shape index (κ3) is 0.798. The van der Waals surface area contributed by atoms with Gasteiger partial charge in [0.25, 0.3) is 0 Å². The average Bonchev–Trinajstić information content (AvgIpc) is 2.27. The molecule has 0 unspecified atom stereocenters. The third-order valence-electron chi connectivity index (χ3n) is 1.09. The van der Waals surface area contributed by atoms with E-state index in [-0.39, 0.29) is 0 Å². The molecule has 1 aromatic rings. The first-order chi connectivity index (χ1) is 4.86. The maximum absolute atomic E-state index is 4.02. The fourth-order valence-electron chi connectivity index (χ4n) is 0.699. The summed E-state index contributed by atoms with van der Waals surface area (Å²) in [5.74, 6) is 0. The molecule has 0 aliphatic carbocycles. The van der Waals surface area contributed by atoms with Gasteiger partial charge in [-0.1, -0.05) is 0 Å². The van der Waals surface area contributed by atoms with Gasteiger partial charge in [0.2, 0.25) is 0 Å². The quantitative estimate of drug-likeness (QED) is 0.451. The Bertz CT molecular complexity index is 359. The van der Waals surface area contributed by atoms with Crippen LogP contribution in [0.1, 0.15) is 0 Å². The van der Waals surface area contributed by atoms with Crippen LogP contribution in [0.15, 0.2) is 22.5 Å². The van der Waals surface area contributed by atoms with Crippen LogP contribution in [0.4, 0.5) is 0 Å². The molecule has 0 N–H and O–H groups in total. The summed E-state index contributed by atoms with van der Waals surface area (Å²) in [6.07, 6.45) is 3.09. The van der Waals surface area contributed by atoms with Gasteiger partial charge in [0.05, 0.1) is 0 Å². The summed E-state index contributed by atoms with van der Waals surface area (Å²) in [4.78, 5) is 15.7. The van der Waals surface area contributed by atoms with Crippen molar-refractivity contribution in [3.8, 4) is 0 Å². The molecule has 48 valence electrons. The molecule has 1 aliphatic rings. The van der Waals surface area contributed by atoms with Crippen LogP contribution in [0.5, 0.6) is 0 Å². The Morgan fingerprint density at radius 1 is 1.30 bits per heavy atom. The van der Waals surface area contributed by atoms with E-state index in [4.69, 9.17) is 0 Å². The van der Waals surface area contributed by atoms with Gasteiger partial charge in [-0.15, -0.1) is 0 Å². The standard InChI is InChI=1S/C5H2N4Se/c10-5-8-3-1-6-2-7-4(3)9-5/h1-2H. The van der Waals surface area contributed by atoms with Crippen LogP contribution < -0.4 is 10.8 Å². The molecule has 0 saturated heterocycles. The number of aromatic nitrogens is 2. The fourth-order valence-corrected chi connectivity index (χ4v) is 1.09. The van der Waals surface area contributed by atoms with E-state index in [0.717, 1.165) is 5.36 Å². The van der Waals surface area contributed by atoms with Gasteiger partial charge in [0.1, 0.15) is 0 Å². The van der Waals surface area contributed by atoms with Crippen molar-refractivity contribution in [3.05, 3.63) is 23.4 Å². The van der Waals surface area contributed by atoms with E-state index in [9.17, 15) is 0 Å². The minimum absolute atomic E-state index is 0.621. The molecule has 10 heavy (non-hydrogen) atoms. The third-order valence-corrected chi connectivity index (χ3v) is 1.47. The first-order valence-corrected chi connectivity index (χ1v) is 3.49. The molecule has 0 amide bonds. The topological polar surface area (TPSA) is 50.5 Å². The van der Waals surface area contributed by atoms with Crippen molar-refractivity contribution in [2.75, 3.05) is 0 Å². The van der Waals surface area contributed by atoms with Gasteiger partial charge in [0, 0.05) is 0 Å². The normalized spacial score (nSPS) is 13.8. The van der Waals surface area contributed by atoms with Crippen molar-refractivity contribution in [3.63, 3.8) is 0 Å². The number of rotatable bonds is 0. The Morgan fingerprint density at radius 3 is 3.00 bits per heavy atom. The maximum atomic E-state index is 4.02. The Kier molecular flexibility index (Phi) is 1.19. The van der Waals surface area contributed by atoms with Crippen molar-refractivity contribution in [2.24, 2.45) is 9.98 Å². The van der Waals surface area contributed by atoms with Crippen molar-refractivity contribution in [1.82, 2.24) is 9.97 Å². The molecular formula is C5H2N4Se. The van der Waals surface area contributed by atoms with Crippen molar-refractivity contribution in [2.45, 2.75) is 0 Å². The van der Waals surface area contributed by atoms with Gasteiger partial charge >= 0.3 is 63.6 Å². The Labute approximate surface area is 64.1 Å². The van der Waals surface area contributed by atoms with Gasteiger partial charge in [-0.05, 0) is 0 Å². The first-order valence-electron chi connectivity index (χ1n) is 2.64. The molecular weight excluding hydrogens is 195 g/mol. The fraction of sp³-hybridized carbons (Fsp3) is 0. The summed E-state index contributed by atoms with van der Waals surface area (Å²) in [6, 6.07) is 0. The van der Waals surface area contributed by atoms with Gasteiger partial charge in [-0.2, -0.15) is 0 Å². The van der Waals surface area contributed by atoms with E-state index < -0.39 is 0 Å². The molecule has 0 radical (unpaired) electrons. The predicted molar refractivity (Wildman–Crippen MR) is 35.1 cm³/mol. The zero-order valence-corrected chi connectivity index (χ0v) is 6.56. The SMILES string of the molecule is [Se]=C1N=c2cncnc2=N1. The van der Waals surface area contributed by atoms with Gasteiger partial charge in [-0.3, -0.25) is 0 Å². The second-order valence-electron chi connectivity index (χ2n) is 1.74. The van der Waals surface area contributed by atoms with E-state index in [1.807, 2.05) is 0 Å². The molecule has 4 nitrogen and oxygen atoms in total. The molecule has 0 saturated carbocycles. The minimum atomic E-state index is 0.621. The van der Waals surface area contributed by atoms with Crippen LogP contribution in [0.3, 0.4) is 0 Å². The predicted octanol–water partition coefficient (Wildman–Crippen LogP) is -2.01. The van der Waals surface area contributed by atoms with E-state index in [0.29, 0.717) is 10.2 Å². The molecule has 1 aromatic heterocycles. The van der Waals surface area contributed by atoms with Crippen molar-refractivity contribution >= 4 is 20.2 Å². The number of hydrogen-bond acceptors (Lipinski definition) is 4. The molecule has 0 spiro atoms. The molecule has 2 heterocycles. The molecule has 0 atom stereocenters. The summed E-state index contributed by atoms with van der Waals surface area (Å²) in [5, 5.41) is 0.733. The van der Waals surface area contributed by atoms with Crippen LogP contribution in [-0.4, -0.2) is 30.2 Å². The van der Waals surface area contributed by atoms with Crippen LogP contribution in [0.25, 0.3) is 0 Å². The zero-order chi connectivity index (χ0) is 6.97. The van der Waals surface area contributed by atoms with Crippen molar-refractivity contribution in [1.29, 1.82) is 0 Å². The first kappa shape index (κ1) is 5.82. The molecule has 5 heteroatoms. The van der Waals surface area contributed by atoms with Crippen LogP contribution in [-0.2, 0) is 0 Å². The van der Waals surface area contributed by atoms with E-state index >= 15 is 0 Å². The summed E-state index contributed by atoms with van der Waals surface area (Å²) >= 11 is 2.70. The average molecular weight is 197 g/mol. The number of fused-ring (bicyclic) bond motifs is 1. The second-order valence-corrected chi connectivity index (χ2v) is 2.50. The van der Waals surface area contributed by atoms with Gasteiger partial charge in [0.15, 0.2) is 0 Å². The Balaban J connectivity index is 2.96. The second kappa shape index (κ2) is 2.04. The van der Waals surface area contributed by atoms with Crippen LogP contribution in [0, 0.1) is 0 Å². The summed E-state index contributed by atoms with van der Waals surface area (Å²) < 4.78 is 0.621. The van der Waals surface area contributed by atoms with Crippen molar-refractivity contribution < 1.29 is 0 Å². The summed E-state index contributed by atoms with van der Waals surface area (Å²) in [5.41, 5.74) is 0.642. The monoisotopic (exact) mass is 198 g/mol. The van der Waals surface area contributed by atoms with Crippen LogP contribution >= 0.6 is 0 Å². The molecule has 0 aromatic carbocycles. The molecule has 1 aliphatic heterocycles. The van der Waals surface area contributed by atoms with Crippen LogP contribution in [0.2, 0.25) is 0 Å². The van der Waals surface area contributed by atoms with E-state index in [1.54, 1.807) is 6.20 Å². The number of nitrogens with zero attached hydrogens (tertiary/aromatic N) is 4. The Hall–Kier alpha value is -0.931. The summed E-state index contributed by atoms with van der Waals surface area (Å²) in [7, 11) is 0.